The lowest BCUT2D eigenvalue weighted by atomic mass is 10.1. The molecule has 0 atom stereocenters. The Morgan fingerprint density at radius 2 is 1.76 bits per heavy atom. The Morgan fingerprint density at radius 1 is 1.10 bits per heavy atom. The van der Waals surface area contributed by atoms with E-state index in [-0.39, 0.29) is 5.91 Å². The zero-order chi connectivity index (χ0) is 15.2. The van der Waals surface area contributed by atoms with Crippen LogP contribution in [-0.4, -0.2) is 29.9 Å². The molecule has 0 aliphatic heterocycles. The first-order valence-corrected chi connectivity index (χ1v) is 6.99. The first-order chi connectivity index (χ1) is 10.0. The highest BCUT2D eigenvalue weighted by molar-refractivity contribution is 5.78. The van der Waals surface area contributed by atoms with Gasteiger partial charge in [-0.3, -0.25) is 9.78 Å². The summed E-state index contributed by atoms with van der Waals surface area (Å²) in [6.45, 7) is 2.72. The molecule has 0 aliphatic carbocycles. The molecule has 1 amide bonds. The number of amides is 1. The second-order valence-electron chi connectivity index (χ2n) is 5.32. The van der Waals surface area contributed by atoms with Crippen molar-refractivity contribution in [3.63, 3.8) is 0 Å². The molecule has 0 radical (unpaired) electrons. The molecular formula is C17H21N3O. The second kappa shape index (κ2) is 6.88. The van der Waals surface area contributed by atoms with Crippen molar-refractivity contribution in [3.8, 4) is 0 Å². The molecule has 0 fully saturated rings. The number of nitrogens with one attached hydrogen (secondary N) is 1. The van der Waals surface area contributed by atoms with Crippen molar-refractivity contribution in [2.45, 2.75) is 19.9 Å². The minimum atomic E-state index is 0.112. The standard InChI is InChI=1S/C17H21N3O/c1-13-4-5-15(11-18-13)12-19-16-8-6-14(7-9-16)10-17(21)20(2)3/h4-9,11,19H,10,12H2,1-3H3. The summed E-state index contributed by atoms with van der Waals surface area (Å²) >= 11 is 0. The summed E-state index contributed by atoms with van der Waals surface area (Å²) < 4.78 is 0. The van der Waals surface area contributed by atoms with Gasteiger partial charge >= 0.3 is 0 Å². The maximum Gasteiger partial charge on any atom is 0.226 e. The molecule has 4 heteroatoms. The van der Waals surface area contributed by atoms with Gasteiger partial charge in [0.1, 0.15) is 0 Å². The Balaban J connectivity index is 1.90. The van der Waals surface area contributed by atoms with E-state index in [0.717, 1.165) is 29.1 Å². The van der Waals surface area contributed by atoms with Gasteiger partial charge in [-0.2, -0.15) is 0 Å². The van der Waals surface area contributed by atoms with E-state index in [1.807, 2.05) is 43.5 Å². The molecule has 21 heavy (non-hydrogen) atoms. The zero-order valence-electron chi connectivity index (χ0n) is 12.8. The minimum absolute atomic E-state index is 0.112. The van der Waals surface area contributed by atoms with Gasteiger partial charge in [0.15, 0.2) is 0 Å². The molecule has 0 aliphatic rings. The predicted molar refractivity (Wildman–Crippen MR) is 85.1 cm³/mol. The number of aromatic nitrogens is 1. The lowest BCUT2D eigenvalue weighted by Crippen LogP contribution is -2.23. The van der Waals surface area contributed by atoms with E-state index < -0.39 is 0 Å². The van der Waals surface area contributed by atoms with Crippen LogP contribution in [0.2, 0.25) is 0 Å². The molecule has 0 saturated carbocycles. The highest BCUT2D eigenvalue weighted by Gasteiger charge is 2.05. The monoisotopic (exact) mass is 283 g/mol. The lowest BCUT2D eigenvalue weighted by Gasteiger charge is -2.11. The normalized spacial score (nSPS) is 10.2. The van der Waals surface area contributed by atoms with Crippen LogP contribution in [0.1, 0.15) is 16.8 Å². The maximum atomic E-state index is 11.6. The van der Waals surface area contributed by atoms with Crippen molar-refractivity contribution in [1.82, 2.24) is 9.88 Å². The van der Waals surface area contributed by atoms with E-state index in [0.29, 0.717) is 6.42 Å². The molecule has 0 spiro atoms. The van der Waals surface area contributed by atoms with E-state index in [1.54, 1.807) is 19.0 Å². The lowest BCUT2D eigenvalue weighted by molar-refractivity contribution is -0.127. The average Bonchev–Trinajstić information content (AvgIpc) is 2.48. The van der Waals surface area contributed by atoms with Crippen LogP contribution in [0.4, 0.5) is 5.69 Å². The maximum absolute atomic E-state index is 11.6. The van der Waals surface area contributed by atoms with E-state index in [2.05, 4.69) is 16.4 Å². The summed E-state index contributed by atoms with van der Waals surface area (Å²) in [7, 11) is 3.54. The van der Waals surface area contributed by atoms with Gasteiger partial charge in [-0.05, 0) is 36.2 Å². The number of hydrogen-bond donors (Lipinski definition) is 1. The third-order valence-electron chi connectivity index (χ3n) is 3.28. The second-order valence-corrected chi connectivity index (χ2v) is 5.32. The molecule has 1 N–H and O–H groups in total. The summed E-state index contributed by atoms with van der Waals surface area (Å²) in [6.07, 6.45) is 2.32. The van der Waals surface area contributed by atoms with Crippen LogP contribution in [-0.2, 0) is 17.8 Å². The number of carbonyl (C=O) groups is 1. The van der Waals surface area contributed by atoms with Gasteiger partial charge in [0.25, 0.3) is 0 Å². The van der Waals surface area contributed by atoms with E-state index >= 15 is 0 Å². The highest BCUT2D eigenvalue weighted by atomic mass is 16.2. The number of carbonyl (C=O) groups excluding carboxylic acids is 1. The average molecular weight is 283 g/mol. The van der Waals surface area contributed by atoms with Gasteiger partial charge in [-0.1, -0.05) is 18.2 Å². The molecule has 1 aromatic carbocycles. The number of rotatable bonds is 5. The molecular weight excluding hydrogens is 262 g/mol. The highest BCUT2D eigenvalue weighted by Crippen LogP contribution is 2.12. The van der Waals surface area contributed by atoms with Gasteiger partial charge in [-0.25, -0.2) is 0 Å². The molecule has 0 bridgehead atoms. The first kappa shape index (κ1) is 15.0. The fourth-order valence-electron chi connectivity index (χ4n) is 1.88. The van der Waals surface area contributed by atoms with Gasteiger partial charge < -0.3 is 10.2 Å². The smallest absolute Gasteiger partial charge is 0.226 e. The number of aryl methyl sites for hydroxylation is 1. The Hall–Kier alpha value is -2.36. The topological polar surface area (TPSA) is 45.2 Å². The van der Waals surface area contributed by atoms with Gasteiger partial charge in [-0.15, -0.1) is 0 Å². The van der Waals surface area contributed by atoms with Gasteiger partial charge in [0.05, 0.1) is 6.42 Å². The number of pyridine rings is 1. The Labute approximate surface area is 125 Å². The Morgan fingerprint density at radius 3 is 2.33 bits per heavy atom. The molecule has 1 heterocycles. The summed E-state index contributed by atoms with van der Waals surface area (Å²) in [5, 5.41) is 3.35. The summed E-state index contributed by atoms with van der Waals surface area (Å²) in [6, 6.07) is 12.0. The van der Waals surface area contributed by atoms with Crippen molar-refractivity contribution in [2.24, 2.45) is 0 Å². The van der Waals surface area contributed by atoms with Gasteiger partial charge in [0.2, 0.25) is 5.91 Å². The molecule has 1 aromatic heterocycles. The van der Waals surface area contributed by atoms with E-state index in [9.17, 15) is 4.79 Å². The Bertz CT molecular complexity index is 588. The van der Waals surface area contributed by atoms with E-state index in [1.165, 1.54) is 0 Å². The van der Waals surface area contributed by atoms with Crippen LogP contribution >= 0.6 is 0 Å². The quantitative estimate of drug-likeness (QED) is 0.917. The Kier molecular flexibility index (Phi) is 4.93. The predicted octanol–water partition coefficient (Wildman–Crippen LogP) is 2.63. The van der Waals surface area contributed by atoms with Crippen molar-refractivity contribution in [1.29, 1.82) is 0 Å². The van der Waals surface area contributed by atoms with Crippen LogP contribution in [0.25, 0.3) is 0 Å². The van der Waals surface area contributed by atoms with Crippen LogP contribution in [0.5, 0.6) is 0 Å². The van der Waals surface area contributed by atoms with Crippen molar-refractivity contribution in [3.05, 3.63) is 59.4 Å². The van der Waals surface area contributed by atoms with Crippen LogP contribution in [0.3, 0.4) is 0 Å². The molecule has 2 rings (SSSR count). The van der Waals surface area contributed by atoms with Crippen molar-refractivity contribution < 1.29 is 4.79 Å². The van der Waals surface area contributed by atoms with Crippen LogP contribution in [0.15, 0.2) is 42.6 Å². The number of benzene rings is 1. The minimum Gasteiger partial charge on any atom is -0.381 e. The van der Waals surface area contributed by atoms with Crippen LogP contribution in [0, 0.1) is 6.92 Å². The van der Waals surface area contributed by atoms with E-state index in [4.69, 9.17) is 0 Å². The fraction of sp³-hybridized carbons (Fsp3) is 0.294. The summed E-state index contributed by atoms with van der Waals surface area (Å²) in [5.74, 6) is 0.112. The fourth-order valence-corrected chi connectivity index (χ4v) is 1.88. The third kappa shape index (κ3) is 4.60. The summed E-state index contributed by atoms with van der Waals surface area (Å²) in [5.41, 5.74) is 4.23. The van der Waals surface area contributed by atoms with Crippen molar-refractivity contribution >= 4 is 11.6 Å². The molecule has 4 nitrogen and oxygen atoms in total. The number of hydrogen-bond acceptors (Lipinski definition) is 3. The number of anilines is 1. The number of likely N-dealkylation sites (N-methyl/N-ethyl adjacent to an activating group) is 1. The molecule has 0 unspecified atom stereocenters. The zero-order valence-corrected chi connectivity index (χ0v) is 12.8. The third-order valence-corrected chi connectivity index (χ3v) is 3.28. The first-order valence-electron chi connectivity index (χ1n) is 6.99. The molecule has 0 saturated heterocycles. The molecule has 110 valence electrons. The number of nitrogens with zero attached hydrogens (tertiary/aromatic N) is 2. The van der Waals surface area contributed by atoms with Crippen LogP contribution < -0.4 is 5.32 Å². The largest absolute Gasteiger partial charge is 0.381 e. The summed E-state index contributed by atoms with van der Waals surface area (Å²) in [4.78, 5) is 17.5. The molecule has 2 aromatic rings. The SMILES string of the molecule is Cc1ccc(CNc2ccc(CC(=O)N(C)C)cc2)cn1. The van der Waals surface area contributed by atoms with Crippen molar-refractivity contribution in [2.75, 3.05) is 19.4 Å². The van der Waals surface area contributed by atoms with Gasteiger partial charge in [0, 0.05) is 38.2 Å².